The Morgan fingerprint density at radius 1 is 1.41 bits per heavy atom. The second-order valence-corrected chi connectivity index (χ2v) is 4.04. The van der Waals surface area contributed by atoms with E-state index in [0.717, 1.165) is 13.1 Å². The van der Waals surface area contributed by atoms with Crippen LogP contribution in [0, 0.1) is 0 Å². The van der Waals surface area contributed by atoms with Gasteiger partial charge in [-0.2, -0.15) is 5.10 Å². The Balaban J connectivity index is 2.01. The number of likely N-dealkylation sites (N-methyl/N-ethyl adjacent to an activating group) is 1. The van der Waals surface area contributed by atoms with Gasteiger partial charge in [0, 0.05) is 11.6 Å². The predicted octanol–water partition coefficient (Wildman–Crippen LogP) is 2.55. The van der Waals surface area contributed by atoms with Gasteiger partial charge in [0.05, 0.1) is 18.9 Å². The summed E-state index contributed by atoms with van der Waals surface area (Å²) in [6.45, 7) is 1.69. The number of ether oxygens (including phenoxy) is 1. The Morgan fingerprint density at radius 3 is 3.06 bits per heavy atom. The maximum Gasteiger partial charge on any atom is 0.165 e. The van der Waals surface area contributed by atoms with Gasteiger partial charge < -0.3 is 10.1 Å². The van der Waals surface area contributed by atoms with Crippen molar-refractivity contribution in [3.8, 4) is 11.5 Å². The lowest BCUT2D eigenvalue weighted by atomic mass is 10.3. The highest BCUT2D eigenvalue weighted by molar-refractivity contribution is 6.30. The molecular formula is C12H14ClN3O. The number of nitrogens with one attached hydrogen (secondary N) is 1. The molecule has 0 saturated carbocycles. The van der Waals surface area contributed by atoms with Crippen LogP contribution in [0.25, 0.3) is 0 Å². The van der Waals surface area contributed by atoms with Crippen molar-refractivity contribution in [1.82, 2.24) is 15.1 Å². The lowest BCUT2D eigenvalue weighted by Crippen LogP contribution is -2.14. The Labute approximate surface area is 105 Å². The van der Waals surface area contributed by atoms with Crippen LogP contribution in [-0.4, -0.2) is 23.4 Å². The highest BCUT2D eigenvalue weighted by atomic mass is 35.5. The highest BCUT2D eigenvalue weighted by Gasteiger charge is 2.01. The molecule has 0 aliphatic rings. The molecule has 2 aromatic rings. The van der Waals surface area contributed by atoms with Crippen molar-refractivity contribution in [3.63, 3.8) is 0 Å². The van der Waals surface area contributed by atoms with Crippen LogP contribution in [-0.2, 0) is 6.54 Å². The lowest BCUT2D eigenvalue weighted by molar-refractivity contribution is 0.480. The molecule has 90 valence electrons. The summed E-state index contributed by atoms with van der Waals surface area (Å²) < 4.78 is 7.46. The van der Waals surface area contributed by atoms with Crippen molar-refractivity contribution in [2.75, 3.05) is 13.6 Å². The first-order chi connectivity index (χ1) is 8.28. The average Bonchev–Trinajstić information content (AvgIpc) is 2.74. The van der Waals surface area contributed by atoms with Gasteiger partial charge in [-0.1, -0.05) is 17.7 Å². The summed E-state index contributed by atoms with van der Waals surface area (Å²) in [5.74, 6) is 1.43. The molecule has 1 N–H and O–H groups in total. The molecule has 1 aromatic heterocycles. The van der Waals surface area contributed by atoms with Gasteiger partial charge in [0.2, 0.25) is 0 Å². The number of rotatable bonds is 5. The van der Waals surface area contributed by atoms with E-state index in [4.69, 9.17) is 16.3 Å². The van der Waals surface area contributed by atoms with Crippen molar-refractivity contribution in [3.05, 3.63) is 41.7 Å². The second kappa shape index (κ2) is 5.70. The predicted molar refractivity (Wildman–Crippen MR) is 67.7 cm³/mol. The van der Waals surface area contributed by atoms with Gasteiger partial charge in [0.25, 0.3) is 0 Å². The molecule has 0 bridgehead atoms. The monoisotopic (exact) mass is 251 g/mol. The molecule has 2 rings (SSSR count). The molecule has 0 aliphatic heterocycles. The number of nitrogens with zero attached hydrogens (tertiary/aromatic N) is 2. The van der Waals surface area contributed by atoms with Crippen LogP contribution in [0.4, 0.5) is 0 Å². The summed E-state index contributed by atoms with van der Waals surface area (Å²) in [7, 11) is 1.91. The molecule has 5 heteroatoms. The molecule has 0 fully saturated rings. The van der Waals surface area contributed by atoms with Gasteiger partial charge in [0.15, 0.2) is 5.75 Å². The molecule has 0 aliphatic carbocycles. The standard InChI is InChI=1S/C12H14ClN3O/c1-14-5-6-16-9-12(8-15-16)17-11-4-2-3-10(13)7-11/h2-4,7-9,14H,5-6H2,1H3. The number of hydrogen-bond acceptors (Lipinski definition) is 3. The van der Waals surface area contributed by atoms with E-state index in [9.17, 15) is 0 Å². The fraction of sp³-hybridized carbons (Fsp3) is 0.250. The summed E-state index contributed by atoms with van der Waals surface area (Å²) in [5.41, 5.74) is 0. The maximum atomic E-state index is 5.88. The van der Waals surface area contributed by atoms with Crippen molar-refractivity contribution in [2.24, 2.45) is 0 Å². The summed E-state index contributed by atoms with van der Waals surface area (Å²) >= 11 is 5.88. The van der Waals surface area contributed by atoms with Gasteiger partial charge in [-0.05, 0) is 25.2 Å². The molecule has 0 unspecified atom stereocenters. The van der Waals surface area contributed by atoms with Crippen LogP contribution in [0.3, 0.4) is 0 Å². The minimum Gasteiger partial charge on any atom is -0.454 e. The van der Waals surface area contributed by atoms with Gasteiger partial charge in [0.1, 0.15) is 5.75 Å². The molecule has 0 atom stereocenters. The number of hydrogen-bond donors (Lipinski definition) is 1. The first-order valence-corrected chi connectivity index (χ1v) is 5.76. The summed E-state index contributed by atoms with van der Waals surface area (Å²) in [5, 5.41) is 7.91. The van der Waals surface area contributed by atoms with Gasteiger partial charge in [-0.15, -0.1) is 0 Å². The quantitative estimate of drug-likeness (QED) is 0.888. The molecule has 17 heavy (non-hydrogen) atoms. The first-order valence-electron chi connectivity index (χ1n) is 5.38. The van der Waals surface area contributed by atoms with Crippen LogP contribution >= 0.6 is 11.6 Å². The fourth-order valence-electron chi connectivity index (χ4n) is 1.41. The van der Waals surface area contributed by atoms with Crippen LogP contribution in [0.5, 0.6) is 11.5 Å². The normalized spacial score (nSPS) is 10.5. The minimum atomic E-state index is 0.657. The molecule has 0 radical (unpaired) electrons. The van der Waals surface area contributed by atoms with E-state index in [-0.39, 0.29) is 0 Å². The van der Waals surface area contributed by atoms with Crippen LogP contribution in [0.1, 0.15) is 0 Å². The van der Waals surface area contributed by atoms with E-state index < -0.39 is 0 Å². The van der Waals surface area contributed by atoms with Gasteiger partial charge in [-0.25, -0.2) is 0 Å². The zero-order chi connectivity index (χ0) is 12.1. The number of halogens is 1. The third-order valence-electron chi connectivity index (χ3n) is 2.23. The number of benzene rings is 1. The minimum absolute atomic E-state index is 0.657. The summed E-state index contributed by atoms with van der Waals surface area (Å²) in [6.07, 6.45) is 3.55. The van der Waals surface area contributed by atoms with E-state index in [1.54, 1.807) is 12.3 Å². The Hall–Kier alpha value is -1.52. The summed E-state index contributed by atoms with van der Waals surface area (Å²) in [4.78, 5) is 0. The zero-order valence-corrected chi connectivity index (χ0v) is 10.3. The zero-order valence-electron chi connectivity index (χ0n) is 9.56. The van der Waals surface area contributed by atoms with Gasteiger partial charge in [-0.3, -0.25) is 4.68 Å². The third-order valence-corrected chi connectivity index (χ3v) is 2.47. The second-order valence-electron chi connectivity index (χ2n) is 3.60. The van der Waals surface area contributed by atoms with Crippen LogP contribution < -0.4 is 10.1 Å². The Bertz CT molecular complexity index is 484. The van der Waals surface area contributed by atoms with Crippen molar-refractivity contribution >= 4 is 11.6 Å². The topological polar surface area (TPSA) is 39.1 Å². The molecule has 0 saturated heterocycles. The van der Waals surface area contributed by atoms with Gasteiger partial charge >= 0.3 is 0 Å². The number of aromatic nitrogens is 2. The largest absolute Gasteiger partial charge is 0.454 e. The lowest BCUT2D eigenvalue weighted by Gasteiger charge is -2.02. The first kappa shape index (κ1) is 12.0. The van der Waals surface area contributed by atoms with E-state index in [1.807, 2.05) is 36.1 Å². The smallest absolute Gasteiger partial charge is 0.165 e. The van der Waals surface area contributed by atoms with E-state index >= 15 is 0 Å². The molecule has 1 heterocycles. The van der Waals surface area contributed by atoms with E-state index in [2.05, 4.69) is 10.4 Å². The Morgan fingerprint density at radius 2 is 2.29 bits per heavy atom. The Kier molecular flexibility index (Phi) is 4.01. The van der Waals surface area contributed by atoms with E-state index in [0.29, 0.717) is 16.5 Å². The van der Waals surface area contributed by atoms with Crippen LogP contribution in [0.15, 0.2) is 36.7 Å². The molecule has 4 nitrogen and oxygen atoms in total. The van der Waals surface area contributed by atoms with Crippen molar-refractivity contribution in [2.45, 2.75) is 6.54 Å². The summed E-state index contributed by atoms with van der Waals surface area (Å²) in [6, 6.07) is 7.29. The van der Waals surface area contributed by atoms with Crippen LogP contribution in [0.2, 0.25) is 5.02 Å². The molecular weight excluding hydrogens is 238 g/mol. The SMILES string of the molecule is CNCCn1cc(Oc2cccc(Cl)c2)cn1. The fourth-order valence-corrected chi connectivity index (χ4v) is 1.59. The highest BCUT2D eigenvalue weighted by Crippen LogP contribution is 2.23. The van der Waals surface area contributed by atoms with Crippen molar-refractivity contribution < 1.29 is 4.74 Å². The molecule has 0 amide bonds. The van der Waals surface area contributed by atoms with E-state index in [1.165, 1.54) is 0 Å². The molecule has 1 aromatic carbocycles. The van der Waals surface area contributed by atoms with Crippen molar-refractivity contribution in [1.29, 1.82) is 0 Å². The maximum absolute atomic E-state index is 5.88. The average molecular weight is 252 g/mol. The molecule has 0 spiro atoms. The third kappa shape index (κ3) is 3.47.